The van der Waals surface area contributed by atoms with Crippen LogP contribution >= 0.6 is 0 Å². The number of likely N-dealkylation sites (tertiary alicyclic amines) is 1. The van der Waals surface area contributed by atoms with E-state index in [1.165, 1.54) is 15.7 Å². The van der Waals surface area contributed by atoms with Crippen LogP contribution in [0.15, 0.2) is 39.9 Å². The van der Waals surface area contributed by atoms with Crippen molar-refractivity contribution in [2.45, 2.75) is 25.3 Å². The summed E-state index contributed by atoms with van der Waals surface area (Å²) in [6.07, 6.45) is 2.17. The van der Waals surface area contributed by atoms with Crippen molar-refractivity contribution in [2.24, 2.45) is 5.92 Å². The van der Waals surface area contributed by atoms with Gasteiger partial charge in [0.05, 0.1) is 18.0 Å². The number of H-pyrrole nitrogens is 1. The Balaban J connectivity index is 1.23. The maximum atomic E-state index is 13.1. The molecule has 3 aliphatic rings. The van der Waals surface area contributed by atoms with Gasteiger partial charge < -0.3 is 24.1 Å². The Hall–Kier alpha value is -3.26. The van der Waals surface area contributed by atoms with Crippen molar-refractivity contribution >= 4 is 10.9 Å². The zero-order valence-corrected chi connectivity index (χ0v) is 18.6. The van der Waals surface area contributed by atoms with Gasteiger partial charge in [0, 0.05) is 38.2 Å². The maximum absolute atomic E-state index is 13.1. The fraction of sp³-hybridized carbons (Fsp3) is 0.440. The number of ether oxygens (including phenoxy) is 3. The molecular weight excluding hydrogens is 422 g/mol. The maximum Gasteiger partial charge on any atom is 0.328 e. The third-order valence-corrected chi connectivity index (χ3v) is 7.35. The van der Waals surface area contributed by atoms with Gasteiger partial charge in [0.1, 0.15) is 19.0 Å². The molecule has 8 heteroatoms. The Bertz CT molecular complexity index is 1340. The Morgan fingerprint density at radius 2 is 1.91 bits per heavy atom. The van der Waals surface area contributed by atoms with Gasteiger partial charge in [0.15, 0.2) is 11.5 Å². The molecule has 8 nitrogen and oxygen atoms in total. The molecule has 172 valence electrons. The van der Waals surface area contributed by atoms with E-state index in [9.17, 15) is 9.59 Å². The van der Waals surface area contributed by atoms with Crippen LogP contribution in [0.3, 0.4) is 0 Å². The van der Waals surface area contributed by atoms with Crippen LogP contribution < -0.4 is 25.5 Å². The molecule has 0 radical (unpaired) electrons. The lowest BCUT2D eigenvalue weighted by Gasteiger charge is -2.28. The highest BCUT2D eigenvalue weighted by atomic mass is 16.6. The molecule has 1 N–H and O–H groups in total. The number of benzene rings is 2. The number of aromatic nitrogens is 2. The van der Waals surface area contributed by atoms with Crippen molar-refractivity contribution in [1.82, 2.24) is 14.5 Å². The molecule has 2 aromatic carbocycles. The predicted molar refractivity (Wildman–Crippen MR) is 124 cm³/mol. The van der Waals surface area contributed by atoms with Gasteiger partial charge in [0.25, 0.3) is 5.56 Å². The zero-order valence-electron chi connectivity index (χ0n) is 18.6. The van der Waals surface area contributed by atoms with Crippen molar-refractivity contribution in [3.8, 4) is 17.2 Å². The monoisotopic (exact) mass is 449 g/mol. The highest BCUT2D eigenvalue weighted by Crippen LogP contribution is 2.44. The molecule has 1 saturated heterocycles. The van der Waals surface area contributed by atoms with E-state index in [0.29, 0.717) is 60.5 Å². The number of aromatic amines is 1. The third-order valence-electron chi connectivity index (χ3n) is 7.35. The van der Waals surface area contributed by atoms with Crippen LogP contribution in [-0.4, -0.2) is 54.4 Å². The van der Waals surface area contributed by atoms with Gasteiger partial charge in [-0.1, -0.05) is 12.1 Å². The minimum Gasteiger partial charge on any atom is -0.496 e. The Labute approximate surface area is 190 Å². The smallest absolute Gasteiger partial charge is 0.328 e. The molecule has 6 rings (SSSR count). The Morgan fingerprint density at radius 3 is 2.73 bits per heavy atom. The average Bonchev–Trinajstić information content (AvgIpc) is 3.26. The van der Waals surface area contributed by atoms with E-state index in [1.807, 2.05) is 6.07 Å². The Kier molecular flexibility index (Phi) is 4.90. The molecule has 1 fully saturated rings. The summed E-state index contributed by atoms with van der Waals surface area (Å²) in [5.74, 6) is 3.15. The number of nitrogens with zero attached hydrogens (tertiary/aromatic N) is 2. The molecule has 1 aromatic heterocycles. The lowest BCUT2D eigenvalue weighted by Crippen LogP contribution is -2.38. The summed E-state index contributed by atoms with van der Waals surface area (Å²) in [7, 11) is 1.73. The molecule has 0 saturated carbocycles. The molecule has 3 heterocycles. The van der Waals surface area contributed by atoms with E-state index in [0.717, 1.165) is 31.7 Å². The van der Waals surface area contributed by atoms with Gasteiger partial charge in [-0.05, 0) is 42.0 Å². The van der Waals surface area contributed by atoms with Crippen LogP contribution in [0.25, 0.3) is 10.9 Å². The van der Waals surface area contributed by atoms with Crippen LogP contribution in [0.5, 0.6) is 17.2 Å². The van der Waals surface area contributed by atoms with Gasteiger partial charge in [-0.3, -0.25) is 9.36 Å². The summed E-state index contributed by atoms with van der Waals surface area (Å²) < 4.78 is 18.1. The number of methoxy groups -OCH3 is 1. The lowest BCUT2D eigenvalue weighted by atomic mass is 9.77. The van der Waals surface area contributed by atoms with Gasteiger partial charge in [-0.25, -0.2) is 4.79 Å². The summed E-state index contributed by atoms with van der Waals surface area (Å²) in [5, 5.41) is 0.440. The average molecular weight is 450 g/mol. The summed E-state index contributed by atoms with van der Waals surface area (Å²) in [6, 6.07) is 9.69. The van der Waals surface area contributed by atoms with Gasteiger partial charge >= 0.3 is 5.69 Å². The quantitative estimate of drug-likeness (QED) is 0.657. The highest BCUT2D eigenvalue weighted by molar-refractivity contribution is 5.81. The molecular formula is C25H27N3O5. The van der Waals surface area contributed by atoms with E-state index in [1.54, 1.807) is 19.2 Å². The molecule has 0 bridgehead atoms. The summed E-state index contributed by atoms with van der Waals surface area (Å²) in [6.45, 7) is 3.83. The van der Waals surface area contributed by atoms with Crippen molar-refractivity contribution in [3.63, 3.8) is 0 Å². The molecule has 2 atom stereocenters. The molecule has 2 aliphatic heterocycles. The second-order valence-electron chi connectivity index (χ2n) is 9.12. The zero-order chi connectivity index (χ0) is 22.5. The lowest BCUT2D eigenvalue weighted by molar-refractivity contribution is 0.172. The minimum absolute atomic E-state index is 0.294. The van der Waals surface area contributed by atoms with Crippen LogP contribution in [0.4, 0.5) is 0 Å². The van der Waals surface area contributed by atoms with Gasteiger partial charge in [0.2, 0.25) is 0 Å². The van der Waals surface area contributed by atoms with Crippen LogP contribution in [-0.2, 0) is 13.0 Å². The first-order chi connectivity index (χ1) is 16.1. The van der Waals surface area contributed by atoms with Crippen LogP contribution in [0.2, 0.25) is 0 Å². The first-order valence-corrected chi connectivity index (χ1v) is 11.6. The second-order valence-corrected chi connectivity index (χ2v) is 9.12. The van der Waals surface area contributed by atoms with Gasteiger partial charge in [-0.15, -0.1) is 0 Å². The van der Waals surface area contributed by atoms with Crippen molar-refractivity contribution in [2.75, 3.05) is 40.0 Å². The molecule has 0 amide bonds. The van der Waals surface area contributed by atoms with E-state index in [4.69, 9.17) is 14.2 Å². The normalized spacial score (nSPS) is 21.6. The molecule has 33 heavy (non-hydrogen) atoms. The first kappa shape index (κ1) is 20.4. The number of nitrogens with one attached hydrogen (secondary N) is 1. The summed E-state index contributed by atoms with van der Waals surface area (Å²) in [4.78, 5) is 31.1. The number of hydrogen-bond donors (Lipinski definition) is 1. The fourth-order valence-electron chi connectivity index (χ4n) is 5.74. The molecule has 1 aliphatic carbocycles. The van der Waals surface area contributed by atoms with Crippen LogP contribution in [0, 0.1) is 5.92 Å². The fourth-order valence-corrected chi connectivity index (χ4v) is 5.74. The second kappa shape index (κ2) is 7.95. The van der Waals surface area contributed by atoms with E-state index < -0.39 is 5.69 Å². The Morgan fingerprint density at radius 1 is 1.09 bits per heavy atom. The van der Waals surface area contributed by atoms with E-state index in [-0.39, 0.29) is 5.56 Å². The van der Waals surface area contributed by atoms with Crippen LogP contribution in [0.1, 0.15) is 23.5 Å². The molecule has 2 unspecified atom stereocenters. The summed E-state index contributed by atoms with van der Waals surface area (Å²) in [5.41, 5.74) is 2.51. The first-order valence-electron chi connectivity index (χ1n) is 11.6. The van der Waals surface area contributed by atoms with E-state index >= 15 is 0 Å². The van der Waals surface area contributed by atoms with E-state index in [2.05, 4.69) is 22.0 Å². The third kappa shape index (κ3) is 3.40. The number of hydrogen-bond acceptors (Lipinski definition) is 6. The molecule has 3 aromatic rings. The summed E-state index contributed by atoms with van der Waals surface area (Å²) >= 11 is 0. The number of rotatable bonds is 4. The largest absolute Gasteiger partial charge is 0.496 e. The van der Waals surface area contributed by atoms with Gasteiger partial charge in [-0.2, -0.15) is 0 Å². The predicted octanol–water partition coefficient (Wildman–Crippen LogP) is 2.13. The van der Waals surface area contributed by atoms with Crippen molar-refractivity contribution < 1.29 is 14.2 Å². The SMILES string of the molecule is COc1cccc2c1CCC1CN(CCn3c(=O)[nH]c4cc5c(cc4c3=O)OCCO5)CC21. The highest BCUT2D eigenvalue weighted by Gasteiger charge is 2.38. The minimum atomic E-state index is -0.393. The topological polar surface area (TPSA) is 85.8 Å². The van der Waals surface area contributed by atoms with Crippen molar-refractivity contribution in [1.29, 1.82) is 0 Å². The standard InChI is InChI=1S/C25H27N3O5/c1-31-21-4-2-3-16-17(21)6-5-15-13-27(14-19(15)16)7-8-28-24(29)18-11-22-23(33-10-9-32-22)12-20(18)26-25(28)30/h2-4,11-12,15,19H,5-10,13-14H2,1H3,(H,26,30). The van der Waals surface area contributed by atoms with Crippen molar-refractivity contribution in [3.05, 3.63) is 62.3 Å². The number of fused-ring (bicyclic) bond motifs is 5. The molecule has 0 spiro atoms.